The van der Waals surface area contributed by atoms with E-state index in [1.165, 1.54) is 16.5 Å². The van der Waals surface area contributed by atoms with Gasteiger partial charge in [0.05, 0.1) is 24.2 Å². The van der Waals surface area contributed by atoms with Crippen LogP contribution < -0.4 is 9.64 Å². The standard InChI is InChI=1S/C31H35F3N6O2/c1-19(32)29(41)40-12-11-39(17-23(40)7-10-35)28-25-6-9-31(8-5-20-3-4-21(33)14-26(20)31)15-27(25)36-30(37-28)42-18-24-13-22(34)16-38(24)2/h3-4,14,22-24H,1,5-9,11-13,15-18H2,2H3/t22-,23+,24+,31?/m1/s1. The predicted octanol–water partition coefficient (Wildman–Crippen LogP) is 3.82. The summed E-state index contributed by atoms with van der Waals surface area (Å²) >= 11 is 0. The number of likely N-dealkylation sites (N-methyl/N-ethyl adjacent to an activating group) is 1. The maximum Gasteiger partial charge on any atom is 0.318 e. The molecule has 4 atom stereocenters. The summed E-state index contributed by atoms with van der Waals surface area (Å²) in [6.07, 6.45) is 3.42. The molecule has 1 aromatic carbocycles. The van der Waals surface area contributed by atoms with Crippen LogP contribution in [0, 0.1) is 17.1 Å². The number of likely N-dealkylation sites (tertiary alicyclic amines) is 1. The number of rotatable bonds is 6. The van der Waals surface area contributed by atoms with Crippen LogP contribution in [0.3, 0.4) is 0 Å². The van der Waals surface area contributed by atoms with Gasteiger partial charge in [-0.25, -0.2) is 13.2 Å². The van der Waals surface area contributed by atoms with Gasteiger partial charge in [0.25, 0.3) is 5.91 Å². The summed E-state index contributed by atoms with van der Waals surface area (Å²) in [5.41, 5.74) is 3.81. The lowest BCUT2D eigenvalue weighted by atomic mass is 9.69. The van der Waals surface area contributed by atoms with Crippen molar-refractivity contribution in [1.82, 2.24) is 19.8 Å². The summed E-state index contributed by atoms with van der Waals surface area (Å²) in [5.74, 6) is -1.41. The first-order chi connectivity index (χ1) is 20.2. The number of halogens is 3. The summed E-state index contributed by atoms with van der Waals surface area (Å²) in [6.45, 7) is 4.64. The van der Waals surface area contributed by atoms with Gasteiger partial charge in [-0.05, 0) is 68.8 Å². The number of nitrogens with zero attached hydrogens (tertiary/aromatic N) is 6. The first-order valence-corrected chi connectivity index (χ1v) is 14.6. The van der Waals surface area contributed by atoms with Gasteiger partial charge in [0, 0.05) is 43.2 Å². The number of ether oxygens (including phenoxy) is 1. The molecule has 6 rings (SSSR count). The zero-order chi connectivity index (χ0) is 29.6. The van der Waals surface area contributed by atoms with E-state index in [0.717, 1.165) is 36.1 Å². The van der Waals surface area contributed by atoms with Crippen LogP contribution in [0.25, 0.3) is 0 Å². The van der Waals surface area contributed by atoms with Crippen molar-refractivity contribution in [1.29, 1.82) is 5.26 Å². The van der Waals surface area contributed by atoms with E-state index < -0.39 is 23.9 Å². The number of carbonyl (C=O) groups is 1. The molecule has 0 saturated carbocycles. The van der Waals surface area contributed by atoms with Gasteiger partial charge in [0.2, 0.25) is 0 Å². The molecule has 0 N–H and O–H groups in total. The zero-order valence-corrected chi connectivity index (χ0v) is 23.8. The number of fused-ring (bicyclic) bond motifs is 3. The summed E-state index contributed by atoms with van der Waals surface area (Å²) in [7, 11) is 1.87. The number of amides is 1. The molecule has 4 aliphatic rings. The quantitative estimate of drug-likeness (QED) is 0.481. The molecule has 1 aromatic heterocycles. The molecule has 0 radical (unpaired) electrons. The lowest BCUT2D eigenvalue weighted by Gasteiger charge is -2.42. The Labute approximate surface area is 243 Å². The molecule has 1 spiro atoms. The van der Waals surface area contributed by atoms with Crippen LogP contribution in [-0.4, -0.2) is 83.8 Å². The van der Waals surface area contributed by atoms with Gasteiger partial charge in [-0.2, -0.15) is 15.2 Å². The molecule has 2 aromatic rings. The van der Waals surface area contributed by atoms with Crippen LogP contribution in [0.5, 0.6) is 6.01 Å². The van der Waals surface area contributed by atoms with Crippen LogP contribution in [0.15, 0.2) is 30.6 Å². The Balaban J connectivity index is 1.33. The minimum atomic E-state index is -1.05. The van der Waals surface area contributed by atoms with E-state index >= 15 is 0 Å². The molecule has 2 aliphatic carbocycles. The molecule has 2 fully saturated rings. The molecule has 11 heteroatoms. The second-order valence-corrected chi connectivity index (χ2v) is 12.1. The van der Waals surface area contributed by atoms with Gasteiger partial charge >= 0.3 is 6.01 Å². The van der Waals surface area contributed by atoms with Crippen molar-refractivity contribution < 1.29 is 22.7 Å². The summed E-state index contributed by atoms with van der Waals surface area (Å²) in [5, 5.41) is 9.46. The molecule has 1 amide bonds. The van der Waals surface area contributed by atoms with Crippen LogP contribution in [0.4, 0.5) is 19.0 Å². The predicted molar refractivity (Wildman–Crippen MR) is 150 cm³/mol. The highest BCUT2D eigenvalue weighted by Crippen LogP contribution is 2.49. The fourth-order valence-corrected chi connectivity index (χ4v) is 7.34. The van der Waals surface area contributed by atoms with E-state index in [1.807, 2.05) is 22.9 Å². The summed E-state index contributed by atoms with van der Waals surface area (Å²) < 4.78 is 48.2. The highest BCUT2D eigenvalue weighted by atomic mass is 19.1. The number of anilines is 1. The number of benzene rings is 1. The third kappa shape index (κ3) is 5.21. The smallest absolute Gasteiger partial charge is 0.318 e. The van der Waals surface area contributed by atoms with Crippen LogP contribution >= 0.6 is 0 Å². The maximum absolute atomic E-state index is 14.3. The van der Waals surface area contributed by atoms with E-state index in [4.69, 9.17) is 14.7 Å². The van der Waals surface area contributed by atoms with Crippen molar-refractivity contribution in [3.8, 4) is 12.1 Å². The monoisotopic (exact) mass is 580 g/mol. The third-order valence-electron chi connectivity index (χ3n) is 9.57. The molecular weight excluding hydrogens is 545 g/mol. The normalized spacial score (nSPS) is 27.1. The lowest BCUT2D eigenvalue weighted by molar-refractivity contribution is -0.131. The Morgan fingerprint density at radius 3 is 2.76 bits per heavy atom. The second kappa shape index (κ2) is 11.2. The molecule has 3 heterocycles. The van der Waals surface area contributed by atoms with E-state index in [0.29, 0.717) is 44.7 Å². The molecule has 0 bridgehead atoms. The van der Waals surface area contributed by atoms with E-state index in [1.54, 1.807) is 6.07 Å². The molecule has 1 unspecified atom stereocenters. The number of hydrogen-bond donors (Lipinski definition) is 0. The summed E-state index contributed by atoms with van der Waals surface area (Å²) in [6, 6.07) is 6.75. The van der Waals surface area contributed by atoms with E-state index in [9.17, 15) is 23.2 Å². The number of carbonyl (C=O) groups excluding carboxylic acids is 1. The Morgan fingerprint density at radius 1 is 1.21 bits per heavy atom. The van der Waals surface area contributed by atoms with Crippen molar-refractivity contribution in [3.63, 3.8) is 0 Å². The summed E-state index contributed by atoms with van der Waals surface area (Å²) in [4.78, 5) is 27.5. The Bertz CT molecular complexity index is 1450. The number of alkyl halides is 1. The van der Waals surface area contributed by atoms with Gasteiger partial charge in [0.1, 0.15) is 24.4 Å². The number of aryl methyl sites for hydroxylation is 1. The number of aromatic nitrogens is 2. The van der Waals surface area contributed by atoms with Crippen LogP contribution in [0.1, 0.15) is 48.1 Å². The SMILES string of the molecule is C=C(F)C(=O)N1CCN(c2nc(OC[C@@H]3C[C@@H](F)CN3C)nc3c2CCC2(CCc4ccc(F)cc42)C3)C[C@@H]1CC#N. The maximum atomic E-state index is 14.3. The molecule has 8 nitrogen and oxygen atoms in total. The minimum Gasteiger partial charge on any atom is -0.462 e. The zero-order valence-electron chi connectivity index (χ0n) is 23.8. The van der Waals surface area contributed by atoms with Gasteiger partial charge in [0.15, 0.2) is 5.83 Å². The van der Waals surface area contributed by atoms with E-state index in [-0.39, 0.29) is 42.9 Å². The molecule has 2 aliphatic heterocycles. The first-order valence-electron chi connectivity index (χ1n) is 14.6. The van der Waals surface area contributed by atoms with Gasteiger partial charge < -0.3 is 14.5 Å². The highest BCUT2D eigenvalue weighted by molar-refractivity contribution is 5.91. The first kappa shape index (κ1) is 28.5. The van der Waals surface area contributed by atoms with Gasteiger partial charge in [-0.1, -0.05) is 12.6 Å². The van der Waals surface area contributed by atoms with Gasteiger partial charge in [-0.3, -0.25) is 9.69 Å². The van der Waals surface area contributed by atoms with Crippen molar-refractivity contribution in [3.05, 3.63) is 58.8 Å². The Hall–Kier alpha value is -3.65. The molecule has 2 saturated heterocycles. The fourth-order valence-electron chi connectivity index (χ4n) is 7.34. The van der Waals surface area contributed by atoms with Gasteiger partial charge in [-0.15, -0.1) is 0 Å². The molecular formula is C31H35F3N6O2. The Kier molecular flexibility index (Phi) is 7.60. The van der Waals surface area contributed by atoms with Crippen molar-refractivity contribution >= 4 is 11.7 Å². The van der Waals surface area contributed by atoms with Crippen molar-refractivity contribution in [2.24, 2.45) is 0 Å². The topological polar surface area (TPSA) is 85.6 Å². The molecule has 42 heavy (non-hydrogen) atoms. The average Bonchev–Trinajstić information content (AvgIpc) is 3.48. The number of hydrogen-bond acceptors (Lipinski definition) is 7. The van der Waals surface area contributed by atoms with Crippen LogP contribution in [-0.2, 0) is 29.5 Å². The van der Waals surface area contributed by atoms with Crippen molar-refractivity contribution in [2.45, 2.75) is 68.6 Å². The third-order valence-corrected chi connectivity index (χ3v) is 9.57. The Morgan fingerprint density at radius 2 is 2.02 bits per heavy atom. The minimum absolute atomic E-state index is 0.0377. The average molecular weight is 581 g/mol. The fraction of sp³-hybridized carbons (Fsp3) is 0.548. The van der Waals surface area contributed by atoms with Crippen LogP contribution in [0.2, 0.25) is 0 Å². The molecule has 222 valence electrons. The highest BCUT2D eigenvalue weighted by Gasteiger charge is 2.44. The van der Waals surface area contributed by atoms with Crippen molar-refractivity contribution in [2.75, 3.05) is 44.7 Å². The largest absolute Gasteiger partial charge is 0.462 e. The lowest BCUT2D eigenvalue weighted by Crippen LogP contribution is -2.55. The number of nitriles is 1. The number of piperazine rings is 1. The van der Waals surface area contributed by atoms with E-state index in [2.05, 4.69) is 12.6 Å². The second-order valence-electron chi connectivity index (χ2n) is 12.1.